The Balaban J connectivity index is 1.88. The number of benzene rings is 1. The number of rotatable bonds is 5. The lowest BCUT2D eigenvalue weighted by atomic mass is 9.85. The largest absolute Gasteiger partial charge is 0.494 e. The fraction of sp³-hybridized carbons (Fsp3) is 0.533. The summed E-state index contributed by atoms with van der Waals surface area (Å²) in [6.45, 7) is 0.799. The van der Waals surface area contributed by atoms with Crippen LogP contribution in [-0.2, 0) is 11.3 Å². The summed E-state index contributed by atoms with van der Waals surface area (Å²) in [6.07, 6.45) is 3.80. The highest BCUT2D eigenvalue weighted by Crippen LogP contribution is 2.34. The van der Waals surface area contributed by atoms with Crippen molar-refractivity contribution in [2.24, 2.45) is 11.7 Å². The van der Waals surface area contributed by atoms with Crippen molar-refractivity contribution < 1.29 is 9.53 Å². The van der Waals surface area contributed by atoms with Crippen molar-refractivity contribution in [2.45, 2.75) is 38.3 Å². The van der Waals surface area contributed by atoms with Crippen LogP contribution in [0.15, 0.2) is 21.1 Å². The number of hydrogen-bond acceptors (Lipinski definition) is 3. The van der Waals surface area contributed by atoms with Crippen molar-refractivity contribution in [3.63, 3.8) is 0 Å². The first-order valence-corrected chi connectivity index (χ1v) is 8.64. The van der Waals surface area contributed by atoms with Gasteiger partial charge in [-0.1, -0.05) is 0 Å². The summed E-state index contributed by atoms with van der Waals surface area (Å²) < 4.78 is 7.18. The average molecular weight is 420 g/mol. The molecule has 1 aromatic rings. The number of hydrogen-bond donors (Lipinski definition) is 2. The molecule has 3 N–H and O–H groups in total. The molecule has 0 radical (unpaired) electrons. The summed E-state index contributed by atoms with van der Waals surface area (Å²) in [4.78, 5) is 11.2. The van der Waals surface area contributed by atoms with Crippen molar-refractivity contribution in [1.29, 1.82) is 0 Å². The summed E-state index contributed by atoms with van der Waals surface area (Å²) in [5, 5.41) is 3.55. The van der Waals surface area contributed by atoms with Gasteiger partial charge in [0.05, 0.1) is 16.1 Å². The minimum atomic E-state index is -0.156. The molecule has 1 fully saturated rings. The molecule has 1 aliphatic rings. The first-order valence-electron chi connectivity index (χ1n) is 7.06. The van der Waals surface area contributed by atoms with E-state index in [0.29, 0.717) is 6.04 Å². The van der Waals surface area contributed by atoms with Crippen LogP contribution in [0, 0.1) is 5.92 Å². The lowest BCUT2D eigenvalue weighted by molar-refractivity contribution is -0.122. The highest BCUT2D eigenvalue weighted by atomic mass is 79.9. The number of methoxy groups -OCH3 is 1. The van der Waals surface area contributed by atoms with E-state index in [2.05, 4.69) is 49.3 Å². The van der Waals surface area contributed by atoms with Gasteiger partial charge in [-0.2, -0.15) is 0 Å². The van der Waals surface area contributed by atoms with Gasteiger partial charge in [0.25, 0.3) is 0 Å². The number of nitrogens with two attached hydrogens (primary N) is 1. The van der Waals surface area contributed by atoms with E-state index >= 15 is 0 Å². The molecule has 4 nitrogen and oxygen atoms in total. The Kier molecular flexibility index (Phi) is 6.08. The van der Waals surface area contributed by atoms with Crippen LogP contribution in [0.2, 0.25) is 0 Å². The summed E-state index contributed by atoms with van der Waals surface area (Å²) in [5.41, 5.74) is 6.54. The topological polar surface area (TPSA) is 64.3 Å². The lowest BCUT2D eigenvalue weighted by Gasteiger charge is -2.27. The van der Waals surface area contributed by atoms with Gasteiger partial charge in [0.15, 0.2) is 0 Å². The van der Waals surface area contributed by atoms with Gasteiger partial charge in [-0.15, -0.1) is 0 Å². The molecule has 2 rings (SSSR count). The number of ether oxygens (including phenoxy) is 1. The molecule has 1 amide bonds. The van der Waals surface area contributed by atoms with Crippen LogP contribution in [0.3, 0.4) is 0 Å². The van der Waals surface area contributed by atoms with Crippen molar-refractivity contribution >= 4 is 37.8 Å². The molecule has 0 bridgehead atoms. The number of amides is 1. The second-order valence-corrected chi connectivity index (χ2v) is 7.13. The molecule has 0 saturated heterocycles. The molecule has 0 atom stereocenters. The molecular weight excluding hydrogens is 400 g/mol. The third-order valence-electron chi connectivity index (χ3n) is 3.99. The first kappa shape index (κ1) is 16.8. The third-order valence-corrected chi connectivity index (χ3v) is 5.16. The molecule has 116 valence electrons. The molecule has 0 unspecified atom stereocenters. The van der Waals surface area contributed by atoms with E-state index in [1.165, 1.54) is 5.56 Å². The van der Waals surface area contributed by atoms with Crippen molar-refractivity contribution in [2.75, 3.05) is 7.11 Å². The maximum atomic E-state index is 11.2. The number of nitrogens with one attached hydrogen (secondary N) is 1. The second-order valence-electron chi connectivity index (χ2n) is 5.42. The Morgan fingerprint density at radius 1 is 1.29 bits per heavy atom. The van der Waals surface area contributed by atoms with Crippen LogP contribution in [0.5, 0.6) is 5.75 Å². The molecule has 21 heavy (non-hydrogen) atoms. The van der Waals surface area contributed by atoms with Gasteiger partial charge in [0, 0.05) is 18.5 Å². The van der Waals surface area contributed by atoms with E-state index in [9.17, 15) is 4.79 Å². The predicted octanol–water partition coefficient (Wildman–Crippen LogP) is 3.35. The van der Waals surface area contributed by atoms with Gasteiger partial charge < -0.3 is 15.8 Å². The Morgan fingerprint density at radius 2 is 1.86 bits per heavy atom. The molecule has 1 aliphatic carbocycles. The Bertz CT molecular complexity index is 491. The number of carbonyl (C=O) groups excluding carboxylic acids is 1. The standard InChI is InChI=1S/C15H20Br2N2O2/c1-21-14-12(16)6-9(7-13(14)17)8-19-11-4-2-10(3-5-11)15(18)20/h6-7,10-11,19H,2-5,8H2,1H3,(H2,18,20). The number of halogens is 2. The van der Waals surface area contributed by atoms with E-state index in [0.717, 1.165) is 46.9 Å². The SMILES string of the molecule is COc1c(Br)cc(CNC2CCC(C(N)=O)CC2)cc1Br. The molecule has 0 spiro atoms. The Labute approximate surface area is 142 Å². The first-order chi connectivity index (χ1) is 10.0. The quantitative estimate of drug-likeness (QED) is 0.768. The predicted molar refractivity (Wildman–Crippen MR) is 90.2 cm³/mol. The zero-order valence-corrected chi connectivity index (χ0v) is 15.2. The van der Waals surface area contributed by atoms with Crippen LogP contribution < -0.4 is 15.8 Å². The summed E-state index contributed by atoms with van der Waals surface area (Å²) in [7, 11) is 1.65. The molecule has 0 aliphatic heterocycles. The summed E-state index contributed by atoms with van der Waals surface area (Å²) >= 11 is 7.03. The zero-order chi connectivity index (χ0) is 15.4. The van der Waals surface area contributed by atoms with Gasteiger partial charge in [0.2, 0.25) is 5.91 Å². The van der Waals surface area contributed by atoms with Crippen LogP contribution in [0.25, 0.3) is 0 Å². The van der Waals surface area contributed by atoms with Crippen LogP contribution in [0.4, 0.5) is 0 Å². The van der Waals surface area contributed by atoms with E-state index in [4.69, 9.17) is 10.5 Å². The Morgan fingerprint density at radius 3 is 2.33 bits per heavy atom. The average Bonchev–Trinajstić information content (AvgIpc) is 2.45. The second kappa shape index (κ2) is 7.61. The molecule has 1 saturated carbocycles. The van der Waals surface area contributed by atoms with E-state index in [1.807, 2.05) is 0 Å². The van der Waals surface area contributed by atoms with Gasteiger partial charge in [0.1, 0.15) is 5.75 Å². The van der Waals surface area contributed by atoms with Crippen LogP contribution in [0.1, 0.15) is 31.2 Å². The normalized spacial score (nSPS) is 22.0. The van der Waals surface area contributed by atoms with Gasteiger partial charge >= 0.3 is 0 Å². The van der Waals surface area contributed by atoms with Crippen molar-refractivity contribution in [3.05, 3.63) is 26.6 Å². The number of carbonyl (C=O) groups is 1. The zero-order valence-electron chi connectivity index (χ0n) is 12.0. The third kappa shape index (κ3) is 4.44. The van der Waals surface area contributed by atoms with Gasteiger partial charge in [-0.25, -0.2) is 0 Å². The molecule has 1 aromatic carbocycles. The van der Waals surface area contributed by atoms with Crippen molar-refractivity contribution in [1.82, 2.24) is 5.32 Å². The molecule has 0 heterocycles. The van der Waals surface area contributed by atoms with E-state index in [-0.39, 0.29) is 11.8 Å². The molecular formula is C15H20Br2N2O2. The summed E-state index contributed by atoms with van der Waals surface area (Å²) in [5.74, 6) is 0.713. The highest BCUT2D eigenvalue weighted by molar-refractivity contribution is 9.11. The minimum absolute atomic E-state index is 0.0623. The van der Waals surface area contributed by atoms with Gasteiger partial charge in [-0.05, 0) is 75.2 Å². The summed E-state index contributed by atoms with van der Waals surface area (Å²) in [6, 6.07) is 4.58. The molecule has 0 aromatic heterocycles. The van der Waals surface area contributed by atoms with E-state index in [1.54, 1.807) is 7.11 Å². The fourth-order valence-corrected chi connectivity index (χ4v) is 4.36. The van der Waals surface area contributed by atoms with Crippen LogP contribution >= 0.6 is 31.9 Å². The van der Waals surface area contributed by atoms with Gasteiger partial charge in [-0.3, -0.25) is 4.79 Å². The minimum Gasteiger partial charge on any atom is -0.494 e. The smallest absolute Gasteiger partial charge is 0.220 e. The maximum Gasteiger partial charge on any atom is 0.220 e. The van der Waals surface area contributed by atoms with Crippen molar-refractivity contribution in [3.8, 4) is 5.75 Å². The fourth-order valence-electron chi connectivity index (χ4n) is 2.75. The maximum absolute atomic E-state index is 11.2. The lowest BCUT2D eigenvalue weighted by Crippen LogP contribution is -2.36. The number of primary amides is 1. The van der Waals surface area contributed by atoms with Crippen LogP contribution in [-0.4, -0.2) is 19.1 Å². The van der Waals surface area contributed by atoms with E-state index < -0.39 is 0 Å². The molecule has 6 heteroatoms. The Hall–Kier alpha value is -0.590. The monoisotopic (exact) mass is 418 g/mol. The highest BCUT2D eigenvalue weighted by Gasteiger charge is 2.24.